The van der Waals surface area contributed by atoms with Gasteiger partial charge < -0.3 is 20.2 Å². The fourth-order valence-electron chi connectivity index (χ4n) is 3.19. The smallest absolute Gasteiger partial charge is 0.134 e. The summed E-state index contributed by atoms with van der Waals surface area (Å²) >= 11 is 0. The molecule has 1 aliphatic heterocycles. The number of para-hydroxylation sites is 1. The minimum atomic E-state index is -1.09. The van der Waals surface area contributed by atoms with Crippen molar-refractivity contribution in [1.29, 1.82) is 0 Å². The number of anilines is 1. The van der Waals surface area contributed by atoms with Crippen molar-refractivity contribution in [2.24, 2.45) is 0 Å². The van der Waals surface area contributed by atoms with Crippen molar-refractivity contribution < 1.29 is 15.3 Å². The van der Waals surface area contributed by atoms with E-state index in [-0.39, 0.29) is 13.2 Å². The Morgan fingerprint density at radius 2 is 2.14 bits per heavy atom. The fourth-order valence-corrected chi connectivity index (χ4v) is 3.19. The van der Waals surface area contributed by atoms with Gasteiger partial charge in [0.2, 0.25) is 0 Å². The summed E-state index contributed by atoms with van der Waals surface area (Å²) in [4.78, 5) is 6.71. The van der Waals surface area contributed by atoms with E-state index in [1.54, 1.807) is 0 Å². The number of pyridine rings is 1. The molecule has 1 fully saturated rings. The summed E-state index contributed by atoms with van der Waals surface area (Å²) in [6.45, 7) is 2.75. The van der Waals surface area contributed by atoms with Gasteiger partial charge in [0.1, 0.15) is 11.4 Å². The molecule has 1 aliphatic rings. The molecule has 1 aromatic heterocycles. The standard InChI is InChI=1S/C17H22N2O3/c1-12-4-2-5-13-8-14(9-20)16(18-15(12)13)19-7-3-6-17(22,10-19)11-21/h2,4-5,8,20-22H,3,6-7,9-11H2,1H3/t17-/m0/s1. The molecule has 22 heavy (non-hydrogen) atoms. The van der Waals surface area contributed by atoms with Crippen molar-refractivity contribution >= 4 is 16.7 Å². The summed E-state index contributed by atoms with van der Waals surface area (Å²) in [5.41, 5.74) is 1.65. The number of β-amino-alcohol motifs (C(OH)–C–C–N with tert-alkyl or cyclic N) is 1. The third-order valence-corrected chi connectivity index (χ3v) is 4.42. The van der Waals surface area contributed by atoms with E-state index in [1.165, 1.54) is 0 Å². The molecule has 1 saturated heterocycles. The van der Waals surface area contributed by atoms with E-state index in [2.05, 4.69) is 0 Å². The molecule has 2 aromatic rings. The summed E-state index contributed by atoms with van der Waals surface area (Å²) in [7, 11) is 0. The molecule has 1 atom stereocenters. The lowest BCUT2D eigenvalue weighted by molar-refractivity contribution is -0.0243. The zero-order valence-electron chi connectivity index (χ0n) is 12.8. The van der Waals surface area contributed by atoms with Gasteiger partial charge in [-0.25, -0.2) is 4.98 Å². The largest absolute Gasteiger partial charge is 0.393 e. The number of fused-ring (bicyclic) bond motifs is 1. The molecule has 3 N–H and O–H groups in total. The number of aryl methyl sites for hydroxylation is 1. The van der Waals surface area contributed by atoms with Gasteiger partial charge in [-0.2, -0.15) is 0 Å². The Labute approximate surface area is 129 Å². The molecular weight excluding hydrogens is 280 g/mol. The van der Waals surface area contributed by atoms with E-state index in [0.717, 1.165) is 35.0 Å². The summed E-state index contributed by atoms with van der Waals surface area (Å²) in [6.07, 6.45) is 1.37. The second-order valence-corrected chi connectivity index (χ2v) is 6.18. The summed E-state index contributed by atoms with van der Waals surface area (Å²) in [5.74, 6) is 0.705. The lowest BCUT2D eigenvalue weighted by Gasteiger charge is -2.39. The van der Waals surface area contributed by atoms with Gasteiger partial charge in [-0.3, -0.25) is 0 Å². The van der Waals surface area contributed by atoms with E-state index in [1.807, 2.05) is 36.1 Å². The first-order valence-corrected chi connectivity index (χ1v) is 7.64. The second-order valence-electron chi connectivity index (χ2n) is 6.18. The van der Waals surface area contributed by atoms with Crippen LogP contribution in [0.1, 0.15) is 24.0 Å². The Morgan fingerprint density at radius 3 is 2.86 bits per heavy atom. The first-order valence-electron chi connectivity index (χ1n) is 7.64. The van der Waals surface area contributed by atoms with Crippen LogP contribution in [0.4, 0.5) is 5.82 Å². The third-order valence-electron chi connectivity index (χ3n) is 4.42. The molecule has 0 spiro atoms. The lowest BCUT2D eigenvalue weighted by Crippen LogP contribution is -2.51. The lowest BCUT2D eigenvalue weighted by atomic mass is 9.93. The predicted octanol–water partition coefficient (Wildman–Crippen LogP) is 1.36. The van der Waals surface area contributed by atoms with Crippen molar-refractivity contribution in [3.05, 3.63) is 35.4 Å². The van der Waals surface area contributed by atoms with Gasteiger partial charge in [0.15, 0.2) is 0 Å². The molecule has 118 valence electrons. The number of hydrogen-bond acceptors (Lipinski definition) is 5. The van der Waals surface area contributed by atoms with E-state index >= 15 is 0 Å². The third kappa shape index (κ3) is 2.67. The fraction of sp³-hybridized carbons (Fsp3) is 0.471. The van der Waals surface area contributed by atoms with Crippen molar-refractivity contribution in [2.45, 2.75) is 32.0 Å². The van der Waals surface area contributed by atoms with Crippen LogP contribution in [0.5, 0.6) is 0 Å². The highest BCUT2D eigenvalue weighted by atomic mass is 16.3. The first-order chi connectivity index (χ1) is 10.6. The van der Waals surface area contributed by atoms with E-state index in [9.17, 15) is 15.3 Å². The molecule has 0 bridgehead atoms. The molecule has 1 aromatic carbocycles. The average Bonchev–Trinajstić information content (AvgIpc) is 2.54. The molecule has 0 saturated carbocycles. The molecule has 0 radical (unpaired) electrons. The molecular formula is C17H22N2O3. The van der Waals surface area contributed by atoms with Crippen LogP contribution in [0.2, 0.25) is 0 Å². The van der Waals surface area contributed by atoms with E-state index in [4.69, 9.17) is 4.98 Å². The van der Waals surface area contributed by atoms with Gasteiger partial charge in [0.25, 0.3) is 0 Å². The van der Waals surface area contributed by atoms with Gasteiger partial charge in [-0.15, -0.1) is 0 Å². The van der Waals surface area contributed by atoms with Crippen molar-refractivity contribution in [3.8, 4) is 0 Å². The zero-order valence-corrected chi connectivity index (χ0v) is 12.8. The number of rotatable bonds is 3. The van der Waals surface area contributed by atoms with Crippen molar-refractivity contribution in [2.75, 3.05) is 24.6 Å². The van der Waals surface area contributed by atoms with Crippen molar-refractivity contribution in [3.63, 3.8) is 0 Å². The van der Waals surface area contributed by atoms with Crippen LogP contribution in [0.25, 0.3) is 10.9 Å². The Balaban J connectivity index is 2.07. The molecule has 5 nitrogen and oxygen atoms in total. The Morgan fingerprint density at radius 1 is 1.32 bits per heavy atom. The minimum absolute atomic E-state index is 0.0970. The van der Waals surface area contributed by atoms with Crippen molar-refractivity contribution in [1.82, 2.24) is 4.98 Å². The normalized spacial score (nSPS) is 22.3. The number of hydrogen-bond donors (Lipinski definition) is 3. The summed E-state index contributed by atoms with van der Waals surface area (Å²) in [5, 5.41) is 30.5. The Bertz CT molecular complexity index is 689. The van der Waals surface area contributed by atoms with Crippen LogP contribution in [0, 0.1) is 6.92 Å². The number of aliphatic hydroxyl groups excluding tert-OH is 2. The van der Waals surface area contributed by atoms with Crippen LogP contribution in [0.3, 0.4) is 0 Å². The quantitative estimate of drug-likeness (QED) is 0.798. The van der Waals surface area contributed by atoms with E-state index in [0.29, 0.717) is 18.8 Å². The average molecular weight is 302 g/mol. The number of aliphatic hydroxyl groups is 3. The topological polar surface area (TPSA) is 76.8 Å². The van der Waals surface area contributed by atoms with Gasteiger partial charge in [-0.05, 0) is 31.4 Å². The van der Waals surface area contributed by atoms with Gasteiger partial charge in [0.05, 0.1) is 25.3 Å². The van der Waals surface area contributed by atoms with Crippen LogP contribution in [-0.4, -0.2) is 45.6 Å². The van der Waals surface area contributed by atoms with Gasteiger partial charge in [-0.1, -0.05) is 18.2 Å². The van der Waals surface area contributed by atoms with Crippen LogP contribution < -0.4 is 4.90 Å². The molecule has 0 unspecified atom stereocenters. The second kappa shape index (κ2) is 5.83. The summed E-state index contributed by atoms with van der Waals surface area (Å²) < 4.78 is 0. The predicted molar refractivity (Wildman–Crippen MR) is 85.9 cm³/mol. The maximum Gasteiger partial charge on any atom is 0.134 e. The first kappa shape index (κ1) is 15.2. The van der Waals surface area contributed by atoms with Gasteiger partial charge in [0, 0.05) is 17.5 Å². The van der Waals surface area contributed by atoms with Crippen LogP contribution in [0.15, 0.2) is 24.3 Å². The highest BCUT2D eigenvalue weighted by molar-refractivity contribution is 5.84. The molecule has 3 rings (SSSR count). The Hall–Kier alpha value is -1.69. The van der Waals surface area contributed by atoms with Gasteiger partial charge >= 0.3 is 0 Å². The van der Waals surface area contributed by atoms with Crippen LogP contribution >= 0.6 is 0 Å². The number of aromatic nitrogens is 1. The SMILES string of the molecule is Cc1cccc2cc(CO)c(N3CCC[C@@](O)(CO)C3)nc12. The summed E-state index contributed by atoms with van der Waals surface area (Å²) in [6, 6.07) is 7.93. The minimum Gasteiger partial charge on any atom is -0.393 e. The molecule has 0 aliphatic carbocycles. The number of nitrogens with zero attached hydrogens (tertiary/aromatic N) is 2. The highest BCUT2D eigenvalue weighted by Crippen LogP contribution is 2.30. The molecule has 0 amide bonds. The highest BCUT2D eigenvalue weighted by Gasteiger charge is 2.33. The maximum absolute atomic E-state index is 10.4. The maximum atomic E-state index is 10.4. The number of benzene rings is 1. The number of piperidine rings is 1. The van der Waals surface area contributed by atoms with E-state index < -0.39 is 5.60 Å². The molecule has 2 heterocycles. The monoisotopic (exact) mass is 302 g/mol. The Kier molecular flexibility index (Phi) is 4.04. The zero-order chi connectivity index (χ0) is 15.7. The van der Waals surface area contributed by atoms with Crippen LogP contribution in [-0.2, 0) is 6.61 Å². The molecule has 5 heteroatoms.